The van der Waals surface area contributed by atoms with Crippen LogP contribution in [0.4, 0.5) is 8.78 Å². The van der Waals surface area contributed by atoms with Crippen molar-refractivity contribution in [1.82, 2.24) is 0 Å². The number of carbonyl (C=O) groups excluding carboxylic acids is 2. The Bertz CT molecular complexity index is 528. The van der Waals surface area contributed by atoms with Crippen molar-refractivity contribution in [2.75, 3.05) is 13.2 Å². The summed E-state index contributed by atoms with van der Waals surface area (Å²) in [6.07, 6.45) is 0.129. The molecule has 0 fully saturated rings. The van der Waals surface area contributed by atoms with E-state index < -0.39 is 23.6 Å². The smallest absolute Gasteiger partial charge is 0.400 e. The predicted octanol–water partition coefficient (Wildman–Crippen LogP) is 2.01. The molecule has 1 aromatic carbocycles. The second-order valence-electron chi connectivity index (χ2n) is 4.48. The fraction of sp³-hybridized carbons (Fsp3) is 0.429. The molecule has 0 saturated heterocycles. The first kappa shape index (κ1) is 14.4. The SMILES string of the molecule is CCOC(=O)C(F)(F)C(=O)C1COc2ccccc2C1. The van der Waals surface area contributed by atoms with Crippen LogP contribution < -0.4 is 4.74 Å². The maximum atomic E-state index is 13.7. The fourth-order valence-corrected chi connectivity index (χ4v) is 2.08. The van der Waals surface area contributed by atoms with Crippen LogP contribution in [0.3, 0.4) is 0 Å². The molecule has 0 aliphatic carbocycles. The van der Waals surface area contributed by atoms with E-state index in [1.165, 1.54) is 6.92 Å². The van der Waals surface area contributed by atoms with Gasteiger partial charge in [-0.1, -0.05) is 18.2 Å². The lowest BCUT2D eigenvalue weighted by atomic mass is 9.90. The van der Waals surface area contributed by atoms with Gasteiger partial charge in [-0.3, -0.25) is 4.79 Å². The lowest BCUT2D eigenvalue weighted by Gasteiger charge is -2.26. The first-order valence-electron chi connectivity index (χ1n) is 6.26. The van der Waals surface area contributed by atoms with Crippen molar-refractivity contribution in [1.29, 1.82) is 0 Å². The van der Waals surface area contributed by atoms with Gasteiger partial charge < -0.3 is 9.47 Å². The van der Waals surface area contributed by atoms with Crippen LogP contribution in [0.5, 0.6) is 5.75 Å². The van der Waals surface area contributed by atoms with Crippen LogP contribution in [-0.2, 0) is 20.7 Å². The molecular formula is C14H14F2O4. The average Bonchev–Trinajstić information content (AvgIpc) is 2.46. The Labute approximate surface area is 114 Å². The Hall–Kier alpha value is -1.98. The summed E-state index contributed by atoms with van der Waals surface area (Å²) >= 11 is 0. The molecule has 6 heteroatoms. The summed E-state index contributed by atoms with van der Waals surface area (Å²) in [4.78, 5) is 23.0. The number of carbonyl (C=O) groups is 2. The molecule has 0 radical (unpaired) electrons. The van der Waals surface area contributed by atoms with E-state index in [-0.39, 0.29) is 19.6 Å². The fourth-order valence-electron chi connectivity index (χ4n) is 2.08. The minimum Gasteiger partial charge on any atom is -0.493 e. The highest BCUT2D eigenvalue weighted by atomic mass is 19.3. The standard InChI is InChI=1S/C14H14F2O4/c1-2-19-13(18)14(15,16)12(17)10-7-9-5-3-4-6-11(9)20-8-10/h3-6,10H,2,7-8H2,1H3. The number of esters is 1. The van der Waals surface area contributed by atoms with Crippen LogP contribution in [0.1, 0.15) is 12.5 Å². The number of ether oxygens (including phenoxy) is 2. The summed E-state index contributed by atoms with van der Waals surface area (Å²) in [5, 5.41) is 0. The second-order valence-corrected chi connectivity index (χ2v) is 4.48. The Balaban J connectivity index is 2.13. The highest BCUT2D eigenvalue weighted by Crippen LogP contribution is 2.31. The molecule has 108 valence electrons. The van der Waals surface area contributed by atoms with Gasteiger partial charge in [0.25, 0.3) is 0 Å². The highest BCUT2D eigenvalue weighted by molar-refractivity contribution is 6.06. The maximum Gasteiger partial charge on any atom is 0.400 e. The quantitative estimate of drug-likeness (QED) is 0.627. The molecule has 1 aliphatic rings. The largest absolute Gasteiger partial charge is 0.493 e. The molecule has 0 saturated carbocycles. The Morgan fingerprint density at radius 2 is 2.10 bits per heavy atom. The predicted molar refractivity (Wildman–Crippen MR) is 65.7 cm³/mol. The van der Waals surface area contributed by atoms with Crippen molar-refractivity contribution in [3.63, 3.8) is 0 Å². The van der Waals surface area contributed by atoms with Crippen molar-refractivity contribution in [2.45, 2.75) is 19.3 Å². The summed E-state index contributed by atoms with van der Waals surface area (Å²) in [5.41, 5.74) is 0.678. The van der Waals surface area contributed by atoms with Crippen molar-refractivity contribution in [3.05, 3.63) is 29.8 Å². The zero-order valence-electron chi connectivity index (χ0n) is 10.9. The van der Waals surface area contributed by atoms with Crippen molar-refractivity contribution in [2.24, 2.45) is 5.92 Å². The van der Waals surface area contributed by atoms with Gasteiger partial charge in [0.2, 0.25) is 5.78 Å². The molecule has 1 heterocycles. The lowest BCUT2D eigenvalue weighted by molar-refractivity contribution is -0.178. The zero-order valence-corrected chi connectivity index (χ0v) is 10.9. The molecule has 0 spiro atoms. The molecular weight excluding hydrogens is 270 g/mol. The van der Waals surface area contributed by atoms with Crippen LogP contribution in [0.2, 0.25) is 0 Å². The zero-order chi connectivity index (χ0) is 14.8. The van der Waals surface area contributed by atoms with Crippen molar-refractivity contribution >= 4 is 11.8 Å². The molecule has 1 aromatic rings. The van der Waals surface area contributed by atoms with Gasteiger partial charge in [0.1, 0.15) is 5.75 Å². The van der Waals surface area contributed by atoms with Crippen LogP contribution in [-0.4, -0.2) is 30.9 Å². The monoisotopic (exact) mass is 284 g/mol. The topological polar surface area (TPSA) is 52.6 Å². The van der Waals surface area contributed by atoms with Gasteiger partial charge in [0.05, 0.1) is 19.1 Å². The van der Waals surface area contributed by atoms with E-state index in [9.17, 15) is 18.4 Å². The van der Waals surface area contributed by atoms with E-state index in [0.29, 0.717) is 11.3 Å². The third-order valence-corrected chi connectivity index (χ3v) is 3.09. The number of fused-ring (bicyclic) bond motifs is 1. The molecule has 2 rings (SSSR count). The third-order valence-electron chi connectivity index (χ3n) is 3.09. The number of Topliss-reactive ketones (excluding diaryl/α,β-unsaturated/α-hetero) is 1. The van der Waals surface area contributed by atoms with E-state index in [4.69, 9.17) is 4.74 Å². The summed E-state index contributed by atoms with van der Waals surface area (Å²) in [6, 6.07) is 6.91. The minimum absolute atomic E-state index is 0.129. The van der Waals surface area contributed by atoms with Gasteiger partial charge in [-0.05, 0) is 25.0 Å². The first-order chi connectivity index (χ1) is 9.46. The van der Waals surface area contributed by atoms with E-state index in [0.717, 1.165) is 0 Å². The molecule has 4 nitrogen and oxygen atoms in total. The minimum atomic E-state index is -4.13. The number of hydrogen-bond donors (Lipinski definition) is 0. The Morgan fingerprint density at radius 3 is 2.80 bits per heavy atom. The van der Waals surface area contributed by atoms with E-state index in [1.54, 1.807) is 24.3 Å². The number of halogens is 2. The van der Waals surface area contributed by atoms with Gasteiger partial charge in [0.15, 0.2) is 0 Å². The molecule has 0 amide bonds. The normalized spacial score (nSPS) is 17.9. The average molecular weight is 284 g/mol. The molecule has 1 unspecified atom stereocenters. The number of hydrogen-bond acceptors (Lipinski definition) is 4. The highest BCUT2D eigenvalue weighted by Gasteiger charge is 2.52. The molecule has 1 aliphatic heterocycles. The third kappa shape index (κ3) is 2.64. The van der Waals surface area contributed by atoms with Gasteiger partial charge in [0, 0.05) is 0 Å². The van der Waals surface area contributed by atoms with Gasteiger partial charge >= 0.3 is 11.9 Å². The Morgan fingerprint density at radius 1 is 1.40 bits per heavy atom. The van der Waals surface area contributed by atoms with E-state index >= 15 is 0 Å². The summed E-state index contributed by atoms with van der Waals surface area (Å²) in [5.74, 6) is -7.86. The summed E-state index contributed by atoms with van der Waals surface area (Å²) < 4.78 is 36.9. The summed E-state index contributed by atoms with van der Waals surface area (Å²) in [7, 11) is 0. The summed E-state index contributed by atoms with van der Waals surface area (Å²) in [6.45, 7) is 1.04. The molecule has 0 N–H and O–H groups in total. The number of rotatable bonds is 4. The molecule has 0 bridgehead atoms. The van der Waals surface area contributed by atoms with Gasteiger partial charge in [-0.25, -0.2) is 4.79 Å². The number of ketones is 1. The molecule has 0 aromatic heterocycles. The molecule has 1 atom stereocenters. The van der Waals surface area contributed by atoms with Crippen molar-refractivity contribution in [3.8, 4) is 5.75 Å². The van der Waals surface area contributed by atoms with Crippen molar-refractivity contribution < 1.29 is 27.8 Å². The number of alkyl halides is 2. The van der Waals surface area contributed by atoms with E-state index in [1.807, 2.05) is 0 Å². The Kier molecular flexibility index (Phi) is 4.01. The maximum absolute atomic E-state index is 13.7. The first-order valence-corrected chi connectivity index (χ1v) is 6.26. The van der Waals surface area contributed by atoms with E-state index in [2.05, 4.69) is 4.74 Å². The second kappa shape index (κ2) is 5.56. The number of para-hydroxylation sites is 1. The van der Waals surface area contributed by atoms with Crippen LogP contribution in [0, 0.1) is 5.92 Å². The van der Waals surface area contributed by atoms with Crippen LogP contribution in [0.25, 0.3) is 0 Å². The van der Waals surface area contributed by atoms with Gasteiger partial charge in [-0.15, -0.1) is 0 Å². The van der Waals surface area contributed by atoms with Gasteiger partial charge in [-0.2, -0.15) is 8.78 Å². The number of benzene rings is 1. The molecule has 20 heavy (non-hydrogen) atoms. The lowest BCUT2D eigenvalue weighted by Crippen LogP contribution is -2.46. The van der Waals surface area contributed by atoms with Crippen LogP contribution in [0.15, 0.2) is 24.3 Å². The van der Waals surface area contributed by atoms with Crippen LogP contribution >= 0.6 is 0 Å².